The lowest BCUT2D eigenvalue weighted by Gasteiger charge is -2.30. The van der Waals surface area contributed by atoms with Gasteiger partial charge in [0.2, 0.25) is 10.0 Å². The van der Waals surface area contributed by atoms with E-state index in [0.717, 1.165) is 31.0 Å². The Kier molecular flexibility index (Phi) is 9.08. The first kappa shape index (κ1) is 32.6. The maximum Gasteiger partial charge on any atom is 0.534 e. The molecule has 4 rings (SSSR count). The van der Waals surface area contributed by atoms with Gasteiger partial charge in [0.15, 0.2) is 5.75 Å². The lowest BCUT2D eigenvalue weighted by atomic mass is 10.0. The summed E-state index contributed by atoms with van der Waals surface area (Å²) < 4.78 is 100. The average molecular weight is 661 g/mol. The Labute approximate surface area is 252 Å². The molecule has 0 saturated carbocycles. The molecule has 0 amide bonds. The molecule has 9 nitrogen and oxygen atoms in total. The summed E-state index contributed by atoms with van der Waals surface area (Å²) in [6, 6.07) is 14.6. The summed E-state index contributed by atoms with van der Waals surface area (Å²) in [5.41, 5.74) is -5.16. The van der Waals surface area contributed by atoms with Gasteiger partial charge in [0.1, 0.15) is 10.5 Å². The zero-order valence-corrected chi connectivity index (χ0v) is 25.8. The third kappa shape index (κ3) is 6.47. The average Bonchev–Trinajstić information content (AvgIpc) is 3.00. The molecule has 232 valence electrons. The molecule has 0 aliphatic carbocycles. The van der Waals surface area contributed by atoms with Gasteiger partial charge in [-0.05, 0) is 54.3 Å². The molecule has 15 heteroatoms. The minimum absolute atomic E-state index is 0.0623. The van der Waals surface area contributed by atoms with Crippen LogP contribution in [0.1, 0.15) is 30.6 Å². The van der Waals surface area contributed by atoms with E-state index in [-0.39, 0.29) is 27.0 Å². The summed E-state index contributed by atoms with van der Waals surface area (Å²) in [6.07, 6.45) is 0.568. The number of anilines is 2. The quantitative estimate of drug-likeness (QED) is 0.167. The Morgan fingerprint density at radius 3 is 2.33 bits per heavy atom. The van der Waals surface area contributed by atoms with Crippen molar-refractivity contribution in [3.63, 3.8) is 0 Å². The van der Waals surface area contributed by atoms with Crippen LogP contribution in [0.3, 0.4) is 0 Å². The minimum Gasteiger partial charge on any atom is -0.465 e. The molecule has 1 aliphatic heterocycles. The van der Waals surface area contributed by atoms with Crippen molar-refractivity contribution in [2.24, 2.45) is 5.92 Å². The van der Waals surface area contributed by atoms with Crippen LogP contribution in [0.4, 0.5) is 24.5 Å². The van der Waals surface area contributed by atoms with Gasteiger partial charge in [-0.2, -0.15) is 25.9 Å². The Morgan fingerprint density at radius 1 is 1.09 bits per heavy atom. The topological polar surface area (TPSA) is 110 Å². The van der Waals surface area contributed by atoms with E-state index < -0.39 is 49.0 Å². The second kappa shape index (κ2) is 12.0. The van der Waals surface area contributed by atoms with Gasteiger partial charge in [-0.3, -0.25) is 0 Å². The molecule has 0 saturated heterocycles. The second-order valence-corrected chi connectivity index (χ2v) is 14.1. The molecule has 0 fully saturated rings. The van der Waals surface area contributed by atoms with Gasteiger partial charge >= 0.3 is 21.6 Å². The summed E-state index contributed by atoms with van der Waals surface area (Å²) in [4.78, 5) is 14.2. The van der Waals surface area contributed by atoms with Gasteiger partial charge in [0.05, 0.1) is 17.8 Å². The van der Waals surface area contributed by atoms with Gasteiger partial charge in [-0.1, -0.05) is 49.7 Å². The number of ether oxygens (including phenoxy) is 1. The van der Waals surface area contributed by atoms with E-state index in [4.69, 9.17) is 11.6 Å². The van der Waals surface area contributed by atoms with Crippen molar-refractivity contribution in [1.82, 2.24) is 4.31 Å². The van der Waals surface area contributed by atoms with E-state index in [1.54, 1.807) is 0 Å². The van der Waals surface area contributed by atoms with Crippen LogP contribution in [0, 0.1) is 5.92 Å². The zero-order chi connectivity index (χ0) is 31.9. The minimum atomic E-state index is -6.11. The van der Waals surface area contributed by atoms with Crippen LogP contribution in [0.25, 0.3) is 11.1 Å². The van der Waals surface area contributed by atoms with Crippen LogP contribution in [0.2, 0.25) is 5.02 Å². The van der Waals surface area contributed by atoms with Crippen molar-refractivity contribution in [2.45, 2.75) is 36.7 Å². The largest absolute Gasteiger partial charge is 0.534 e. The van der Waals surface area contributed by atoms with Crippen LogP contribution in [-0.2, 0) is 24.9 Å². The van der Waals surface area contributed by atoms with Gasteiger partial charge in [0.25, 0.3) is 0 Å². The number of likely N-dealkylation sites (N-methyl/N-ethyl adjacent to an activating group) is 1. The number of sulfonamides is 1. The Bertz CT molecular complexity index is 1750. The van der Waals surface area contributed by atoms with Crippen LogP contribution >= 0.6 is 11.6 Å². The van der Waals surface area contributed by atoms with Crippen molar-refractivity contribution in [2.75, 3.05) is 25.6 Å². The highest BCUT2D eigenvalue weighted by Gasteiger charge is 2.49. The van der Waals surface area contributed by atoms with Crippen LogP contribution in [-0.4, -0.2) is 59.4 Å². The van der Waals surface area contributed by atoms with E-state index in [1.807, 2.05) is 49.1 Å². The first-order chi connectivity index (χ1) is 20.0. The van der Waals surface area contributed by atoms with Crippen molar-refractivity contribution in [3.8, 4) is 16.9 Å². The summed E-state index contributed by atoms with van der Waals surface area (Å²) >= 11 is 6.70. The third-order valence-electron chi connectivity index (χ3n) is 6.89. The van der Waals surface area contributed by atoms with Gasteiger partial charge in [0, 0.05) is 30.9 Å². The maximum absolute atomic E-state index is 14.0. The molecule has 0 spiro atoms. The zero-order valence-electron chi connectivity index (χ0n) is 23.4. The number of halogens is 4. The summed E-state index contributed by atoms with van der Waals surface area (Å²) in [7, 11) is -7.77. The third-order valence-corrected chi connectivity index (χ3v) is 10.1. The van der Waals surface area contributed by atoms with Crippen LogP contribution in [0.15, 0.2) is 65.6 Å². The van der Waals surface area contributed by atoms with E-state index in [0.29, 0.717) is 18.7 Å². The molecule has 0 aromatic heterocycles. The first-order valence-corrected chi connectivity index (χ1v) is 16.1. The standard InChI is InChI=1S/C28H28ClF3N2O7S2/c1-17(2)12-20-16-34(19-8-6-5-7-9-19)24-15-23(29)21(14-26(24)42(36,37)33(20)3)18-10-11-25(22(13-18)27(35)40-4)41-43(38,39)28(30,31)32/h5-11,13-15,17,20H,12,16H2,1-4H3/t20-/m1/s1. The number of benzene rings is 3. The number of para-hydroxylation sites is 1. The smallest absolute Gasteiger partial charge is 0.465 e. The fourth-order valence-corrected chi connectivity index (χ4v) is 7.08. The highest BCUT2D eigenvalue weighted by molar-refractivity contribution is 7.89. The van der Waals surface area contributed by atoms with E-state index in [1.165, 1.54) is 23.5 Å². The highest BCUT2D eigenvalue weighted by atomic mass is 35.5. The monoisotopic (exact) mass is 660 g/mol. The lowest BCUT2D eigenvalue weighted by molar-refractivity contribution is -0.0500. The molecule has 1 heterocycles. The van der Waals surface area contributed by atoms with Crippen molar-refractivity contribution in [1.29, 1.82) is 0 Å². The Balaban J connectivity index is 1.93. The number of nitrogens with zero attached hydrogens (tertiary/aromatic N) is 2. The molecule has 0 bridgehead atoms. The predicted octanol–water partition coefficient (Wildman–Crippen LogP) is 6.21. The van der Waals surface area contributed by atoms with Gasteiger partial charge < -0.3 is 13.8 Å². The fourth-order valence-electron chi connectivity index (χ4n) is 4.78. The molecule has 0 N–H and O–H groups in total. The number of alkyl halides is 3. The molecular formula is C28H28ClF3N2O7S2. The summed E-state index contributed by atoms with van der Waals surface area (Å²) in [6.45, 7) is 4.31. The molecule has 1 aliphatic rings. The number of hydrogen-bond donors (Lipinski definition) is 0. The second-order valence-electron chi connectivity index (χ2n) is 10.2. The Morgan fingerprint density at radius 2 is 1.74 bits per heavy atom. The molecule has 43 heavy (non-hydrogen) atoms. The predicted molar refractivity (Wildman–Crippen MR) is 155 cm³/mol. The number of carbonyl (C=O) groups excluding carboxylic acids is 1. The lowest BCUT2D eigenvalue weighted by Crippen LogP contribution is -2.41. The number of fused-ring (bicyclic) bond motifs is 1. The van der Waals surface area contributed by atoms with E-state index in [9.17, 15) is 34.8 Å². The van der Waals surface area contributed by atoms with Crippen LogP contribution < -0.4 is 9.08 Å². The molecule has 0 unspecified atom stereocenters. The number of hydrogen-bond acceptors (Lipinski definition) is 8. The molecular weight excluding hydrogens is 633 g/mol. The van der Waals surface area contributed by atoms with Gasteiger partial charge in [-0.25, -0.2) is 13.2 Å². The molecule has 0 radical (unpaired) electrons. The number of methoxy groups -OCH3 is 1. The number of esters is 1. The maximum atomic E-state index is 14.0. The van der Waals surface area contributed by atoms with Gasteiger partial charge in [-0.15, -0.1) is 0 Å². The number of carbonyl (C=O) groups is 1. The molecule has 3 aromatic rings. The first-order valence-electron chi connectivity index (χ1n) is 12.9. The summed E-state index contributed by atoms with van der Waals surface area (Å²) in [5, 5.41) is 0.0623. The summed E-state index contributed by atoms with van der Waals surface area (Å²) in [5.74, 6) is -1.95. The van der Waals surface area contributed by atoms with E-state index >= 15 is 0 Å². The molecule has 3 aromatic carbocycles. The normalized spacial score (nSPS) is 17.3. The Hall–Kier alpha value is -3.33. The SMILES string of the molecule is COC(=O)c1cc(-c2cc3c(cc2Cl)N(c2ccccc2)C[C@@H](CC(C)C)N(C)S3(=O)=O)ccc1OS(=O)(=O)C(F)(F)F. The van der Waals surface area contributed by atoms with Crippen molar-refractivity contribution in [3.05, 3.63) is 71.2 Å². The number of rotatable bonds is 7. The van der Waals surface area contributed by atoms with Crippen LogP contribution in [0.5, 0.6) is 5.75 Å². The molecule has 1 atom stereocenters. The fraction of sp³-hybridized carbons (Fsp3) is 0.321. The highest BCUT2D eigenvalue weighted by Crippen LogP contribution is 2.44. The van der Waals surface area contributed by atoms with Crippen molar-refractivity contribution < 1.29 is 43.7 Å². The van der Waals surface area contributed by atoms with Crippen molar-refractivity contribution >= 4 is 49.1 Å². The van der Waals surface area contributed by atoms with E-state index in [2.05, 4.69) is 8.92 Å².